The van der Waals surface area contributed by atoms with Gasteiger partial charge in [-0.15, -0.1) is 11.3 Å². The Kier molecular flexibility index (Phi) is 2.51. The summed E-state index contributed by atoms with van der Waals surface area (Å²) in [7, 11) is 0. The second-order valence-corrected chi connectivity index (χ2v) is 4.83. The Labute approximate surface area is 97.2 Å². The van der Waals surface area contributed by atoms with Crippen molar-refractivity contribution in [1.82, 2.24) is 0 Å². The van der Waals surface area contributed by atoms with Gasteiger partial charge in [0, 0.05) is 15.2 Å². The van der Waals surface area contributed by atoms with Crippen LogP contribution in [0.5, 0.6) is 0 Å². The van der Waals surface area contributed by atoms with E-state index in [4.69, 9.17) is 16.7 Å². The molecule has 2 rings (SSSR count). The number of hydrogen-bond acceptors (Lipinski definition) is 2. The average Bonchev–Trinajstić information content (AvgIpc) is 2.50. The molecule has 5 heteroatoms. The zero-order valence-corrected chi connectivity index (χ0v) is 9.91. The number of hydrogen-bond donors (Lipinski definition) is 1. The number of thiophene rings is 1. The molecule has 1 N–H and O–H groups in total. The standard InChI is InChI=1S/C9H4BrClO2S/c10-5-2-1-4(9(12)13)7-6(11)3-14-8(5)7/h1-3H,(H,12,13). The third-order valence-corrected chi connectivity index (χ3v) is 4.22. The van der Waals surface area contributed by atoms with Crippen LogP contribution >= 0.6 is 38.9 Å². The molecule has 1 heterocycles. The van der Waals surface area contributed by atoms with Crippen molar-refractivity contribution in [2.75, 3.05) is 0 Å². The van der Waals surface area contributed by atoms with Gasteiger partial charge in [-0.2, -0.15) is 0 Å². The van der Waals surface area contributed by atoms with Gasteiger partial charge in [0.05, 0.1) is 15.3 Å². The predicted molar refractivity (Wildman–Crippen MR) is 61.5 cm³/mol. The van der Waals surface area contributed by atoms with E-state index >= 15 is 0 Å². The maximum Gasteiger partial charge on any atom is 0.336 e. The fourth-order valence-electron chi connectivity index (χ4n) is 1.26. The number of rotatable bonds is 1. The molecule has 0 atom stereocenters. The summed E-state index contributed by atoms with van der Waals surface area (Å²) in [4.78, 5) is 10.9. The van der Waals surface area contributed by atoms with E-state index < -0.39 is 5.97 Å². The van der Waals surface area contributed by atoms with Gasteiger partial charge < -0.3 is 5.11 Å². The van der Waals surface area contributed by atoms with E-state index in [1.54, 1.807) is 17.5 Å². The normalized spacial score (nSPS) is 10.7. The number of fused-ring (bicyclic) bond motifs is 1. The van der Waals surface area contributed by atoms with Gasteiger partial charge in [-0.05, 0) is 28.1 Å². The van der Waals surface area contributed by atoms with Crippen molar-refractivity contribution in [3.05, 3.63) is 32.6 Å². The molecular weight excluding hydrogens is 288 g/mol. The van der Waals surface area contributed by atoms with Gasteiger partial charge in [-0.3, -0.25) is 0 Å². The van der Waals surface area contributed by atoms with Gasteiger partial charge in [0.2, 0.25) is 0 Å². The van der Waals surface area contributed by atoms with E-state index in [1.165, 1.54) is 11.3 Å². The lowest BCUT2D eigenvalue weighted by molar-refractivity contribution is 0.0699. The smallest absolute Gasteiger partial charge is 0.336 e. The van der Waals surface area contributed by atoms with Gasteiger partial charge >= 0.3 is 5.97 Å². The molecule has 0 saturated carbocycles. The third-order valence-electron chi connectivity index (χ3n) is 1.86. The molecule has 0 saturated heterocycles. The first-order valence-corrected chi connectivity index (χ1v) is 5.75. The Morgan fingerprint density at radius 2 is 2.21 bits per heavy atom. The van der Waals surface area contributed by atoms with E-state index in [-0.39, 0.29) is 5.56 Å². The van der Waals surface area contributed by atoms with Crippen LogP contribution in [0.15, 0.2) is 22.0 Å². The molecule has 0 radical (unpaired) electrons. The average molecular weight is 292 g/mol. The number of aromatic carboxylic acids is 1. The van der Waals surface area contributed by atoms with Gasteiger partial charge in [0.25, 0.3) is 0 Å². The minimum atomic E-state index is -0.956. The van der Waals surface area contributed by atoms with E-state index in [0.717, 1.165) is 9.17 Å². The molecule has 0 aliphatic rings. The van der Waals surface area contributed by atoms with Crippen LogP contribution in [-0.4, -0.2) is 11.1 Å². The molecule has 0 unspecified atom stereocenters. The quantitative estimate of drug-likeness (QED) is 0.862. The Bertz CT molecular complexity index is 521. The predicted octanol–water partition coefficient (Wildman–Crippen LogP) is 4.02. The van der Waals surface area contributed by atoms with Crippen molar-refractivity contribution in [1.29, 1.82) is 0 Å². The van der Waals surface area contributed by atoms with Crippen molar-refractivity contribution >= 4 is 54.9 Å². The van der Waals surface area contributed by atoms with Crippen molar-refractivity contribution in [2.45, 2.75) is 0 Å². The molecule has 0 spiro atoms. The Balaban J connectivity index is 2.92. The minimum Gasteiger partial charge on any atom is -0.478 e. The molecule has 0 bridgehead atoms. The largest absolute Gasteiger partial charge is 0.478 e. The van der Waals surface area contributed by atoms with Crippen LogP contribution in [-0.2, 0) is 0 Å². The maximum absolute atomic E-state index is 10.9. The summed E-state index contributed by atoms with van der Waals surface area (Å²) in [6.45, 7) is 0. The highest BCUT2D eigenvalue weighted by molar-refractivity contribution is 9.10. The SMILES string of the molecule is O=C(O)c1ccc(Br)c2scc(Cl)c12. The molecule has 2 aromatic rings. The van der Waals surface area contributed by atoms with Crippen molar-refractivity contribution in [3.8, 4) is 0 Å². The summed E-state index contributed by atoms with van der Waals surface area (Å²) in [6, 6.07) is 3.27. The van der Waals surface area contributed by atoms with Crippen molar-refractivity contribution < 1.29 is 9.90 Å². The number of carboxylic acids is 1. The summed E-state index contributed by atoms with van der Waals surface area (Å²) < 4.78 is 1.74. The fraction of sp³-hybridized carbons (Fsp3) is 0. The zero-order chi connectivity index (χ0) is 10.3. The van der Waals surface area contributed by atoms with E-state index in [9.17, 15) is 4.79 Å². The molecular formula is C9H4BrClO2S. The number of carbonyl (C=O) groups is 1. The maximum atomic E-state index is 10.9. The third kappa shape index (κ3) is 1.43. The highest BCUT2D eigenvalue weighted by atomic mass is 79.9. The number of halogens is 2. The van der Waals surface area contributed by atoms with Crippen LogP contribution in [0.2, 0.25) is 5.02 Å². The van der Waals surface area contributed by atoms with Crippen LogP contribution in [0.4, 0.5) is 0 Å². The first-order chi connectivity index (χ1) is 6.61. The summed E-state index contributed by atoms with van der Waals surface area (Å²) in [5, 5.41) is 11.8. The van der Waals surface area contributed by atoms with Crippen LogP contribution in [0.3, 0.4) is 0 Å². The summed E-state index contributed by atoms with van der Waals surface area (Å²) in [5.74, 6) is -0.956. The molecule has 72 valence electrons. The molecule has 0 fully saturated rings. The molecule has 2 nitrogen and oxygen atoms in total. The highest BCUT2D eigenvalue weighted by Crippen LogP contribution is 2.37. The Morgan fingerprint density at radius 3 is 2.86 bits per heavy atom. The second kappa shape index (κ2) is 3.53. The molecule has 1 aromatic heterocycles. The van der Waals surface area contributed by atoms with E-state index in [1.807, 2.05) is 0 Å². The first kappa shape index (κ1) is 9.96. The van der Waals surface area contributed by atoms with E-state index in [2.05, 4.69) is 15.9 Å². The Morgan fingerprint density at radius 1 is 1.50 bits per heavy atom. The fourth-order valence-corrected chi connectivity index (χ4v) is 3.11. The highest BCUT2D eigenvalue weighted by Gasteiger charge is 2.14. The van der Waals surface area contributed by atoms with Crippen LogP contribution in [0, 0.1) is 0 Å². The van der Waals surface area contributed by atoms with Gasteiger partial charge in [0.15, 0.2) is 0 Å². The van der Waals surface area contributed by atoms with Crippen LogP contribution in [0.1, 0.15) is 10.4 Å². The summed E-state index contributed by atoms with van der Waals surface area (Å²) in [5.41, 5.74) is 0.245. The minimum absolute atomic E-state index is 0.245. The monoisotopic (exact) mass is 290 g/mol. The summed E-state index contributed by atoms with van der Waals surface area (Å²) >= 11 is 10.7. The van der Waals surface area contributed by atoms with Crippen molar-refractivity contribution in [3.63, 3.8) is 0 Å². The lowest BCUT2D eigenvalue weighted by Gasteiger charge is -1.99. The van der Waals surface area contributed by atoms with Gasteiger partial charge in [-0.25, -0.2) is 4.79 Å². The first-order valence-electron chi connectivity index (χ1n) is 3.69. The van der Waals surface area contributed by atoms with Gasteiger partial charge in [-0.1, -0.05) is 11.6 Å². The zero-order valence-electron chi connectivity index (χ0n) is 6.75. The molecule has 0 aliphatic carbocycles. The van der Waals surface area contributed by atoms with E-state index in [0.29, 0.717) is 10.4 Å². The molecule has 1 aromatic carbocycles. The van der Waals surface area contributed by atoms with Crippen LogP contribution in [0.25, 0.3) is 10.1 Å². The second-order valence-electron chi connectivity index (χ2n) is 2.69. The summed E-state index contributed by atoms with van der Waals surface area (Å²) in [6.07, 6.45) is 0. The van der Waals surface area contributed by atoms with Crippen molar-refractivity contribution in [2.24, 2.45) is 0 Å². The molecule has 0 aliphatic heterocycles. The lowest BCUT2D eigenvalue weighted by atomic mass is 10.1. The topological polar surface area (TPSA) is 37.3 Å². The number of carboxylic acid groups (broad SMARTS) is 1. The Hall–Kier alpha value is -0.580. The van der Waals surface area contributed by atoms with Crippen LogP contribution < -0.4 is 0 Å². The molecule has 14 heavy (non-hydrogen) atoms. The lowest BCUT2D eigenvalue weighted by Crippen LogP contribution is -1.96. The molecule has 0 amide bonds. The number of benzene rings is 1. The van der Waals surface area contributed by atoms with Gasteiger partial charge in [0.1, 0.15) is 0 Å².